The van der Waals surface area contributed by atoms with Gasteiger partial charge in [-0.2, -0.15) is 0 Å². The first-order valence-electron chi connectivity index (χ1n) is 6.88. The minimum atomic E-state index is -0.321. The van der Waals surface area contributed by atoms with Crippen molar-refractivity contribution in [2.75, 3.05) is 11.4 Å². The van der Waals surface area contributed by atoms with Gasteiger partial charge in [0.25, 0.3) is 0 Å². The first kappa shape index (κ1) is 13.1. The molecule has 1 aromatic rings. The lowest BCUT2D eigenvalue weighted by atomic mass is 10.0. The number of nitrogens with zero attached hydrogens (tertiary/aromatic N) is 1. The number of piperidine rings is 1. The van der Waals surface area contributed by atoms with Crippen LogP contribution in [0.2, 0.25) is 0 Å². The summed E-state index contributed by atoms with van der Waals surface area (Å²) in [6.07, 6.45) is 5.34. The van der Waals surface area contributed by atoms with E-state index in [0.29, 0.717) is 0 Å². The molecule has 3 nitrogen and oxygen atoms in total. The van der Waals surface area contributed by atoms with Crippen LogP contribution >= 0.6 is 0 Å². The van der Waals surface area contributed by atoms with Crippen molar-refractivity contribution in [1.82, 2.24) is 0 Å². The van der Waals surface area contributed by atoms with Gasteiger partial charge in [0.2, 0.25) is 5.91 Å². The summed E-state index contributed by atoms with van der Waals surface area (Å²) < 4.78 is 0. The molecule has 1 saturated heterocycles. The van der Waals surface area contributed by atoms with Crippen LogP contribution in [0, 0.1) is 0 Å². The highest BCUT2D eigenvalue weighted by Gasteiger charge is 2.26. The zero-order valence-electron chi connectivity index (χ0n) is 11.1. The molecule has 1 unspecified atom stereocenters. The standard InChI is InChI=1S/C15H22N2O/c1-2-3-5-12-7-9-13(10-8-12)17-11-4-6-14(16)15(17)18/h7-10,14H,2-6,11,16H2,1H3. The second-order valence-electron chi connectivity index (χ2n) is 5.01. The van der Waals surface area contributed by atoms with Crippen molar-refractivity contribution in [3.8, 4) is 0 Å². The summed E-state index contributed by atoms with van der Waals surface area (Å²) in [6, 6.07) is 8.01. The quantitative estimate of drug-likeness (QED) is 0.887. The minimum Gasteiger partial charge on any atom is -0.320 e. The van der Waals surface area contributed by atoms with Crippen LogP contribution in [0.15, 0.2) is 24.3 Å². The van der Waals surface area contributed by atoms with Crippen molar-refractivity contribution in [1.29, 1.82) is 0 Å². The predicted molar refractivity (Wildman–Crippen MR) is 74.6 cm³/mol. The molecular formula is C15H22N2O. The van der Waals surface area contributed by atoms with Crippen LogP contribution in [0.1, 0.15) is 38.2 Å². The molecule has 18 heavy (non-hydrogen) atoms. The first-order valence-corrected chi connectivity index (χ1v) is 6.88. The predicted octanol–water partition coefficient (Wildman–Crippen LogP) is 2.48. The number of carbonyl (C=O) groups excluding carboxylic acids is 1. The zero-order chi connectivity index (χ0) is 13.0. The lowest BCUT2D eigenvalue weighted by Gasteiger charge is -2.30. The molecule has 0 spiro atoms. The van der Waals surface area contributed by atoms with Crippen molar-refractivity contribution < 1.29 is 4.79 Å². The number of aryl methyl sites for hydroxylation is 1. The molecule has 1 aliphatic heterocycles. The third kappa shape index (κ3) is 2.91. The van der Waals surface area contributed by atoms with Gasteiger partial charge in [-0.3, -0.25) is 4.79 Å². The van der Waals surface area contributed by atoms with Crippen molar-refractivity contribution in [3.05, 3.63) is 29.8 Å². The molecule has 98 valence electrons. The molecule has 1 fully saturated rings. The summed E-state index contributed by atoms with van der Waals surface area (Å²) in [7, 11) is 0. The number of unbranched alkanes of at least 4 members (excludes halogenated alkanes) is 1. The van der Waals surface area contributed by atoms with Gasteiger partial charge in [-0.05, 0) is 43.4 Å². The van der Waals surface area contributed by atoms with E-state index in [1.54, 1.807) is 0 Å². The van der Waals surface area contributed by atoms with Gasteiger partial charge in [0.15, 0.2) is 0 Å². The number of amides is 1. The Morgan fingerprint density at radius 1 is 1.33 bits per heavy atom. The Morgan fingerprint density at radius 2 is 2.06 bits per heavy atom. The fourth-order valence-electron chi connectivity index (χ4n) is 2.38. The number of carbonyl (C=O) groups is 1. The van der Waals surface area contributed by atoms with Gasteiger partial charge >= 0.3 is 0 Å². The second kappa shape index (κ2) is 6.01. The largest absolute Gasteiger partial charge is 0.320 e. The van der Waals surface area contributed by atoms with Gasteiger partial charge in [0.05, 0.1) is 6.04 Å². The molecular weight excluding hydrogens is 224 g/mol. The average Bonchev–Trinajstić information content (AvgIpc) is 2.40. The van der Waals surface area contributed by atoms with E-state index in [1.165, 1.54) is 18.4 Å². The van der Waals surface area contributed by atoms with Crippen LogP contribution in [-0.2, 0) is 11.2 Å². The third-order valence-electron chi connectivity index (χ3n) is 3.55. The molecule has 1 atom stereocenters. The Labute approximate surface area is 109 Å². The van der Waals surface area contributed by atoms with Crippen LogP contribution in [0.3, 0.4) is 0 Å². The van der Waals surface area contributed by atoms with Crippen molar-refractivity contribution in [2.45, 2.75) is 45.1 Å². The Morgan fingerprint density at radius 3 is 2.72 bits per heavy atom. The van der Waals surface area contributed by atoms with Crippen molar-refractivity contribution in [2.24, 2.45) is 5.73 Å². The van der Waals surface area contributed by atoms with Crippen LogP contribution in [0.25, 0.3) is 0 Å². The number of nitrogens with two attached hydrogens (primary N) is 1. The normalized spacial score (nSPS) is 20.2. The summed E-state index contributed by atoms with van der Waals surface area (Å²) in [5, 5.41) is 0. The maximum atomic E-state index is 12.0. The molecule has 0 aliphatic carbocycles. The van der Waals surface area contributed by atoms with Gasteiger partial charge in [-0.1, -0.05) is 25.5 Å². The Kier molecular flexibility index (Phi) is 4.37. The fourth-order valence-corrected chi connectivity index (χ4v) is 2.38. The van der Waals surface area contributed by atoms with Crippen molar-refractivity contribution >= 4 is 11.6 Å². The minimum absolute atomic E-state index is 0.0579. The van der Waals surface area contributed by atoms with Gasteiger partial charge in [0.1, 0.15) is 0 Å². The van der Waals surface area contributed by atoms with E-state index in [-0.39, 0.29) is 11.9 Å². The van der Waals surface area contributed by atoms with Gasteiger partial charge in [-0.25, -0.2) is 0 Å². The monoisotopic (exact) mass is 246 g/mol. The molecule has 0 radical (unpaired) electrons. The number of hydrogen-bond donors (Lipinski definition) is 1. The lowest BCUT2D eigenvalue weighted by Crippen LogP contribution is -2.48. The summed E-state index contributed by atoms with van der Waals surface area (Å²) in [5.74, 6) is 0.0579. The molecule has 0 saturated carbocycles. The maximum Gasteiger partial charge on any atom is 0.243 e. The molecule has 1 amide bonds. The van der Waals surface area contributed by atoms with E-state index in [0.717, 1.165) is 31.5 Å². The maximum absolute atomic E-state index is 12.0. The molecule has 2 rings (SSSR count). The van der Waals surface area contributed by atoms with E-state index in [2.05, 4.69) is 19.1 Å². The van der Waals surface area contributed by atoms with Crippen LogP contribution in [0.5, 0.6) is 0 Å². The molecule has 1 aliphatic rings. The molecule has 0 aromatic heterocycles. The summed E-state index contributed by atoms with van der Waals surface area (Å²) in [6.45, 7) is 2.99. The summed E-state index contributed by atoms with van der Waals surface area (Å²) >= 11 is 0. The van der Waals surface area contributed by atoms with E-state index >= 15 is 0 Å². The van der Waals surface area contributed by atoms with E-state index in [9.17, 15) is 4.79 Å². The van der Waals surface area contributed by atoms with Gasteiger partial charge in [-0.15, -0.1) is 0 Å². The van der Waals surface area contributed by atoms with Gasteiger partial charge < -0.3 is 10.6 Å². The van der Waals surface area contributed by atoms with Gasteiger partial charge in [0, 0.05) is 12.2 Å². The van der Waals surface area contributed by atoms with E-state index in [4.69, 9.17) is 5.73 Å². The average molecular weight is 246 g/mol. The third-order valence-corrected chi connectivity index (χ3v) is 3.55. The summed E-state index contributed by atoms with van der Waals surface area (Å²) in [5.41, 5.74) is 8.13. The molecule has 3 heteroatoms. The highest BCUT2D eigenvalue weighted by atomic mass is 16.2. The van der Waals surface area contributed by atoms with Crippen molar-refractivity contribution in [3.63, 3.8) is 0 Å². The van der Waals surface area contributed by atoms with E-state index in [1.807, 2.05) is 17.0 Å². The molecule has 1 heterocycles. The smallest absolute Gasteiger partial charge is 0.243 e. The number of rotatable bonds is 4. The number of hydrogen-bond acceptors (Lipinski definition) is 2. The molecule has 2 N–H and O–H groups in total. The zero-order valence-corrected chi connectivity index (χ0v) is 11.1. The topological polar surface area (TPSA) is 46.3 Å². The Hall–Kier alpha value is -1.35. The van der Waals surface area contributed by atoms with Crippen LogP contribution in [-0.4, -0.2) is 18.5 Å². The fraction of sp³-hybridized carbons (Fsp3) is 0.533. The number of anilines is 1. The summed E-state index contributed by atoms with van der Waals surface area (Å²) in [4.78, 5) is 13.8. The SMILES string of the molecule is CCCCc1ccc(N2CCCC(N)C2=O)cc1. The highest BCUT2D eigenvalue weighted by molar-refractivity contribution is 5.97. The number of benzene rings is 1. The highest BCUT2D eigenvalue weighted by Crippen LogP contribution is 2.21. The Balaban J connectivity index is 2.06. The second-order valence-corrected chi connectivity index (χ2v) is 5.01. The Bertz CT molecular complexity index is 399. The van der Waals surface area contributed by atoms with Crippen LogP contribution in [0.4, 0.5) is 5.69 Å². The van der Waals surface area contributed by atoms with Crippen LogP contribution < -0.4 is 10.6 Å². The molecule has 0 bridgehead atoms. The first-order chi connectivity index (χ1) is 8.72. The molecule has 1 aromatic carbocycles. The van der Waals surface area contributed by atoms with E-state index < -0.39 is 0 Å². The lowest BCUT2D eigenvalue weighted by molar-refractivity contribution is -0.120.